The lowest BCUT2D eigenvalue weighted by molar-refractivity contribution is 0.297. The molecule has 142 valence electrons. The summed E-state index contributed by atoms with van der Waals surface area (Å²) in [4.78, 5) is 0. The number of unbranched alkanes of at least 4 members (excludes halogenated alkanes) is 3. The van der Waals surface area contributed by atoms with Gasteiger partial charge in [0.1, 0.15) is 0 Å². The van der Waals surface area contributed by atoms with Gasteiger partial charge in [0.25, 0.3) is 0 Å². The van der Waals surface area contributed by atoms with Crippen LogP contribution in [-0.2, 0) is 10.8 Å². The molecule has 0 N–H and O–H groups in total. The Morgan fingerprint density at radius 3 is 1.76 bits per heavy atom. The van der Waals surface area contributed by atoms with Crippen molar-refractivity contribution in [1.82, 2.24) is 0 Å². The molecule has 0 aromatic heterocycles. The molecule has 2 heteroatoms. The van der Waals surface area contributed by atoms with Gasteiger partial charge in [-0.2, -0.15) is 0 Å². The average Bonchev–Trinajstić information content (AvgIpc) is 2.63. The monoisotopic (exact) mass is 360 g/mol. The van der Waals surface area contributed by atoms with E-state index in [4.69, 9.17) is 4.43 Å². The van der Waals surface area contributed by atoms with Crippen molar-refractivity contribution in [2.24, 2.45) is 0 Å². The summed E-state index contributed by atoms with van der Waals surface area (Å²) in [7, 11) is -1.56. The van der Waals surface area contributed by atoms with Crippen molar-refractivity contribution in [2.75, 3.05) is 6.61 Å². The minimum atomic E-state index is -1.56. The summed E-state index contributed by atoms with van der Waals surface area (Å²) in [6, 6.07) is 12.9. The van der Waals surface area contributed by atoms with Gasteiger partial charge >= 0.3 is 0 Å². The predicted octanol–water partition coefficient (Wildman–Crippen LogP) is 7.62. The molecule has 1 rings (SSSR count). The van der Waals surface area contributed by atoms with Crippen molar-refractivity contribution in [3.05, 3.63) is 42.0 Å². The fraction of sp³-hybridized carbons (Fsp3) is 0.652. The number of hydrogen-bond acceptors (Lipinski definition) is 1. The molecule has 1 nitrogen and oxygen atoms in total. The molecular formula is C23H40OSi. The summed E-state index contributed by atoms with van der Waals surface area (Å²) in [5.41, 5.74) is 3.75. The van der Waals surface area contributed by atoms with Crippen molar-refractivity contribution >= 4 is 13.9 Å². The van der Waals surface area contributed by atoms with Crippen LogP contribution in [0.4, 0.5) is 0 Å². The van der Waals surface area contributed by atoms with Crippen LogP contribution >= 0.6 is 0 Å². The molecule has 0 spiro atoms. The number of hydrogen-bond donors (Lipinski definition) is 0. The van der Waals surface area contributed by atoms with Gasteiger partial charge < -0.3 is 4.43 Å². The third-order valence-corrected chi connectivity index (χ3v) is 9.81. The van der Waals surface area contributed by atoms with Crippen LogP contribution in [0.1, 0.15) is 77.3 Å². The first-order chi connectivity index (χ1) is 12.1. The molecule has 0 aliphatic rings. The summed E-state index contributed by atoms with van der Waals surface area (Å²) < 4.78 is 6.74. The number of rotatable bonds is 14. The highest BCUT2D eigenvalue weighted by atomic mass is 28.4. The molecule has 0 amide bonds. The van der Waals surface area contributed by atoms with Crippen LogP contribution in [0.15, 0.2) is 30.8 Å². The van der Waals surface area contributed by atoms with Crippen LogP contribution in [0.5, 0.6) is 0 Å². The van der Waals surface area contributed by atoms with Crippen LogP contribution in [0.2, 0.25) is 18.1 Å². The van der Waals surface area contributed by atoms with E-state index in [9.17, 15) is 0 Å². The van der Waals surface area contributed by atoms with Crippen LogP contribution < -0.4 is 0 Å². The smallest absolute Gasteiger partial charge is 0.192 e. The van der Waals surface area contributed by atoms with E-state index in [1.165, 1.54) is 67.8 Å². The first-order valence-corrected chi connectivity index (χ1v) is 13.0. The Labute approximate surface area is 158 Å². The van der Waals surface area contributed by atoms with Gasteiger partial charge in [0.15, 0.2) is 8.32 Å². The first kappa shape index (κ1) is 22.2. The second kappa shape index (κ2) is 12.5. The second-order valence-electron chi connectivity index (χ2n) is 7.57. The van der Waals surface area contributed by atoms with Gasteiger partial charge in [-0.1, -0.05) is 95.7 Å². The Bertz CT molecular complexity index is 456. The molecular weight excluding hydrogens is 320 g/mol. The van der Waals surface area contributed by atoms with Crippen LogP contribution in [0.3, 0.4) is 0 Å². The van der Waals surface area contributed by atoms with E-state index in [-0.39, 0.29) is 0 Å². The third kappa shape index (κ3) is 8.37. The molecule has 0 fully saturated rings. The van der Waals surface area contributed by atoms with Crippen molar-refractivity contribution < 1.29 is 4.43 Å². The number of benzene rings is 1. The maximum absolute atomic E-state index is 6.74. The topological polar surface area (TPSA) is 9.23 Å². The van der Waals surface area contributed by atoms with Crippen molar-refractivity contribution in [3.63, 3.8) is 0 Å². The van der Waals surface area contributed by atoms with Gasteiger partial charge in [0.05, 0.1) is 0 Å². The van der Waals surface area contributed by atoms with E-state index in [0.29, 0.717) is 0 Å². The van der Waals surface area contributed by atoms with Crippen LogP contribution in [0, 0.1) is 0 Å². The summed E-state index contributed by atoms with van der Waals surface area (Å²) in [6.07, 6.45) is 8.93. The van der Waals surface area contributed by atoms with Crippen LogP contribution in [-0.4, -0.2) is 14.9 Å². The van der Waals surface area contributed by atoms with Crippen molar-refractivity contribution in [1.29, 1.82) is 0 Å². The first-order valence-electron chi connectivity index (χ1n) is 10.5. The van der Waals surface area contributed by atoms with Crippen molar-refractivity contribution in [2.45, 2.75) is 90.8 Å². The fourth-order valence-corrected chi connectivity index (χ4v) is 8.14. The van der Waals surface area contributed by atoms with E-state index in [1.54, 1.807) is 0 Å². The quantitative estimate of drug-likeness (QED) is 0.310. The molecule has 0 aliphatic carbocycles. The molecule has 1 aromatic carbocycles. The molecule has 0 heterocycles. The molecule has 1 aromatic rings. The molecule has 25 heavy (non-hydrogen) atoms. The fourth-order valence-electron chi connectivity index (χ4n) is 3.43. The standard InChI is InChI=1S/C23H40OSi/c1-6-9-18-25(19-10-7-2,20-11-8-3)24-17-16-22-12-14-23(15-13-22)21(4)5/h12-15H,4,6-11,16-20H2,1-3,5H3. The molecule has 0 unspecified atom stereocenters. The minimum Gasteiger partial charge on any atom is -0.416 e. The zero-order valence-corrected chi connectivity index (χ0v) is 18.2. The van der Waals surface area contributed by atoms with Gasteiger partial charge in [0, 0.05) is 6.61 Å². The van der Waals surface area contributed by atoms with E-state index in [1.807, 2.05) is 0 Å². The van der Waals surface area contributed by atoms with Gasteiger partial charge in [-0.3, -0.25) is 0 Å². The molecule has 0 saturated heterocycles. The summed E-state index contributed by atoms with van der Waals surface area (Å²) in [5.74, 6) is 0. The van der Waals surface area contributed by atoms with Gasteiger partial charge in [-0.15, -0.1) is 0 Å². The Kier molecular flexibility index (Phi) is 11.1. The summed E-state index contributed by atoms with van der Waals surface area (Å²) in [5, 5.41) is 0. The Hall–Kier alpha value is -0.863. The van der Waals surface area contributed by atoms with E-state index < -0.39 is 8.32 Å². The zero-order chi connectivity index (χ0) is 18.5. The lowest BCUT2D eigenvalue weighted by Crippen LogP contribution is -2.38. The highest BCUT2D eigenvalue weighted by Crippen LogP contribution is 2.29. The normalized spacial score (nSPS) is 11.7. The minimum absolute atomic E-state index is 0.899. The lowest BCUT2D eigenvalue weighted by atomic mass is 10.1. The molecule has 0 radical (unpaired) electrons. The van der Waals surface area contributed by atoms with Crippen LogP contribution in [0.25, 0.3) is 5.57 Å². The Morgan fingerprint density at radius 2 is 1.36 bits per heavy atom. The Balaban J connectivity index is 2.66. The van der Waals surface area contributed by atoms with Gasteiger partial charge in [0.2, 0.25) is 0 Å². The Morgan fingerprint density at radius 1 is 0.880 bits per heavy atom. The second-order valence-corrected chi connectivity index (χ2v) is 11.7. The molecule has 0 bridgehead atoms. The van der Waals surface area contributed by atoms with Gasteiger partial charge in [-0.05, 0) is 42.6 Å². The van der Waals surface area contributed by atoms with Gasteiger partial charge in [-0.25, -0.2) is 0 Å². The van der Waals surface area contributed by atoms with E-state index in [2.05, 4.69) is 58.5 Å². The van der Waals surface area contributed by atoms with Crippen molar-refractivity contribution in [3.8, 4) is 0 Å². The van der Waals surface area contributed by atoms with E-state index >= 15 is 0 Å². The highest BCUT2D eigenvalue weighted by molar-refractivity contribution is 6.73. The number of allylic oxidation sites excluding steroid dienone is 1. The maximum atomic E-state index is 6.74. The van der Waals surface area contributed by atoms with E-state index in [0.717, 1.165) is 18.6 Å². The molecule has 0 saturated carbocycles. The maximum Gasteiger partial charge on any atom is 0.192 e. The molecule has 0 aliphatic heterocycles. The average molecular weight is 361 g/mol. The third-order valence-electron chi connectivity index (χ3n) is 5.20. The highest BCUT2D eigenvalue weighted by Gasteiger charge is 2.32. The summed E-state index contributed by atoms with van der Waals surface area (Å²) in [6.45, 7) is 13.9. The SMILES string of the molecule is C=C(C)c1ccc(CCO[Si](CCCC)(CCCC)CCCC)cc1. The lowest BCUT2D eigenvalue weighted by Gasteiger charge is -2.32. The molecule has 0 atom stereocenters. The largest absolute Gasteiger partial charge is 0.416 e. The summed E-state index contributed by atoms with van der Waals surface area (Å²) >= 11 is 0. The zero-order valence-electron chi connectivity index (χ0n) is 17.2. The predicted molar refractivity (Wildman–Crippen MR) is 116 cm³/mol.